The van der Waals surface area contributed by atoms with Gasteiger partial charge in [-0.3, -0.25) is 0 Å². The van der Waals surface area contributed by atoms with E-state index in [1.54, 1.807) is 12.5 Å². The number of anilines is 1. The Morgan fingerprint density at radius 3 is 2.67 bits per heavy atom. The van der Waals surface area contributed by atoms with Crippen molar-refractivity contribution in [2.75, 3.05) is 5.32 Å². The van der Waals surface area contributed by atoms with Gasteiger partial charge in [-0.1, -0.05) is 31.5 Å². The average molecular weight is 264 g/mol. The lowest BCUT2D eigenvalue weighted by Crippen LogP contribution is -2.22. The van der Waals surface area contributed by atoms with Crippen LogP contribution in [0.4, 0.5) is 5.69 Å². The number of nitrogens with zero attached hydrogens (tertiary/aromatic N) is 2. The minimum absolute atomic E-state index is 0.380. The van der Waals surface area contributed by atoms with Crippen LogP contribution in [0.15, 0.2) is 36.9 Å². The Balaban J connectivity index is 2.39. The smallest absolute Gasteiger partial charge is 0.0992 e. The van der Waals surface area contributed by atoms with Crippen molar-refractivity contribution in [3.8, 4) is 5.69 Å². The van der Waals surface area contributed by atoms with Crippen molar-refractivity contribution in [3.05, 3.63) is 41.9 Å². The Hall–Kier alpha value is -1.48. The molecule has 2 rings (SSSR count). The first-order valence-corrected chi connectivity index (χ1v) is 6.50. The Bertz CT molecular complexity index is 506. The van der Waals surface area contributed by atoms with Crippen molar-refractivity contribution in [2.24, 2.45) is 5.92 Å². The summed E-state index contributed by atoms with van der Waals surface area (Å²) in [6, 6.07) is 6.27. The van der Waals surface area contributed by atoms with Crippen molar-refractivity contribution in [3.63, 3.8) is 0 Å². The number of benzene rings is 1. The highest BCUT2D eigenvalue weighted by Crippen LogP contribution is 2.29. The number of halogens is 1. The van der Waals surface area contributed by atoms with Gasteiger partial charge in [0, 0.05) is 18.4 Å². The summed E-state index contributed by atoms with van der Waals surface area (Å²) in [5.74, 6) is 0.555. The minimum atomic E-state index is 0.380. The molecule has 0 saturated carbocycles. The first-order valence-electron chi connectivity index (χ1n) is 6.13. The third-order valence-electron chi connectivity index (χ3n) is 3.13. The molecule has 3 nitrogen and oxygen atoms in total. The Morgan fingerprint density at radius 1 is 1.28 bits per heavy atom. The van der Waals surface area contributed by atoms with E-state index in [-0.39, 0.29) is 0 Å². The SMILES string of the molecule is CC(C)C(C)Nc1cccc(Cl)c1-n1ccnc1. The Labute approximate surface area is 113 Å². The molecule has 0 fully saturated rings. The molecule has 0 aliphatic heterocycles. The molecule has 1 unspecified atom stereocenters. The van der Waals surface area contributed by atoms with E-state index >= 15 is 0 Å². The fraction of sp³-hybridized carbons (Fsp3) is 0.357. The molecule has 1 N–H and O–H groups in total. The molecule has 0 amide bonds. The second-order valence-electron chi connectivity index (χ2n) is 4.78. The molecule has 1 atom stereocenters. The summed E-state index contributed by atoms with van der Waals surface area (Å²) >= 11 is 6.30. The maximum Gasteiger partial charge on any atom is 0.0992 e. The van der Waals surface area contributed by atoms with Gasteiger partial charge in [-0.05, 0) is 25.0 Å². The minimum Gasteiger partial charge on any atom is -0.381 e. The zero-order valence-corrected chi connectivity index (χ0v) is 11.6. The zero-order chi connectivity index (χ0) is 13.1. The van der Waals surface area contributed by atoms with Gasteiger partial charge in [0.05, 0.1) is 22.7 Å². The van der Waals surface area contributed by atoms with Crippen LogP contribution in [0.25, 0.3) is 5.69 Å². The van der Waals surface area contributed by atoms with Gasteiger partial charge in [0.25, 0.3) is 0 Å². The first kappa shape index (κ1) is 13.0. The van der Waals surface area contributed by atoms with Gasteiger partial charge in [-0.15, -0.1) is 0 Å². The van der Waals surface area contributed by atoms with Crippen molar-refractivity contribution in [1.82, 2.24) is 9.55 Å². The molecule has 0 radical (unpaired) electrons. The van der Waals surface area contributed by atoms with Crippen LogP contribution in [0.3, 0.4) is 0 Å². The average Bonchev–Trinajstić information content (AvgIpc) is 2.82. The molecule has 1 aromatic carbocycles. The molecule has 0 aliphatic rings. The summed E-state index contributed by atoms with van der Waals surface area (Å²) in [5, 5.41) is 4.22. The molecule has 18 heavy (non-hydrogen) atoms. The van der Waals surface area contributed by atoms with E-state index in [1.807, 2.05) is 29.0 Å². The number of aromatic nitrogens is 2. The van der Waals surface area contributed by atoms with Crippen molar-refractivity contribution < 1.29 is 0 Å². The topological polar surface area (TPSA) is 29.9 Å². The predicted octanol–water partition coefficient (Wildman–Crippen LogP) is 3.98. The lowest BCUT2D eigenvalue weighted by Gasteiger charge is -2.21. The van der Waals surface area contributed by atoms with E-state index in [9.17, 15) is 0 Å². The monoisotopic (exact) mass is 263 g/mol. The summed E-state index contributed by atoms with van der Waals surface area (Å²) in [6.45, 7) is 6.56. The molecule has 4 heteroatoms. The second kappa shape index (κ2) is 5.44. The summed E-state index contributed by atoms with van der Waals surface area (Å²) < 4.78 is 1.93. The number of hydrogen-bond donors (Lipinski definition) is 1. The van der Waals surface area contributed by atoms with E-state index in [2.05, 4.69) is 31.1 Å². The summed E-state index contributed by atoms with van der Waals surface area (Å²) in [7, 11) is 0. The maximum absolute atomic E-state index is 6.30. The summed E-state index contributed by atoms with van der Waals surface area (Å²) in [4.78, 5) is 4.07. The van der Waals surface area contributed by atoms with Gasteiger partial charge in [-0.25, -0.2) is 4.98 Å². The van der Waals surface area contributed by atoms with Gasteiger partial charge < -0.3 is 9.88 Å². The molecule has 0 spiro atoms. The fourth-order valence-electron chi connectivity index (χ4n) is 1.70. The van der Waals surface area contributed by atoms with E-state index in [4.69, 9.17) is 11.6 Å². The highest BCUT2D eigenvalue weighted by atomic mass is 35.5. The fourth-order valence-corrected chi connectivity index (χ4v) is 1.97. The van der Waals surface area contributed by atoms with Crippen molar-refractivity contribution in [2.45, 2.75) is 26.8 Å². The number of rotatable bonds is 4. The molecule has 1 aromatic heterocycles. The molecule has 96 valence electrons. The third-order valence-corrected chi connectivity index (χ3v) is 3.44. The molecular weight excluding hydrogens is 246 g/mol. The van der Waals surface area contributed by atoms with Crippen LogP contribution in [0, 0.1) is 5.92 Å². The molecular formula is C14H18ClN3. The van der Waals surface area contributed by atoms with Crippen molar-refractivity contribution >= 4 is 17.3 Å². The van der Waals surface area contributed by atoms with Crippen LogP contribution in [0.1, 0.15) is 20.8 Å². The summed E-state index contributed by atoms with van der Waals surface area (Å²) in [6.07, 6.45) is 5.40. The van der Waals surface area contributed by atoms with Gasteiger partial charge in [0.1, 0.15) is 0 Å². The normalized spacial score (nSPS) is 12.7. The number of hydrogen-bond acceptors (Lipinski definition) is 2. The lowest BCUT2D eigenvalue weighted by atomic mass is 10.1. The zero-order valence-electron chi connectivity index (χ0n) is 10.9. The molecule has 0 aliphatic carbocycles. The van der Waals surface area contributed by atoms with E-state index in [0.717, 1.165) is 11.4 Å². The van der Waals surface area contributed by atoms with Gasteiger partial charge >= 0.3 is 0 Å². The van der Waals surface area contributed by atoms with Crippen molar-refractivity contribution in [1.29, 1.82) is 0 Å². The Kier molecular flexibility index (Phi) is 3.92. The second-order valence-corrected chi connectivity index (χ2v) is 5.19. The lowest BCUT2D eigenvalue weighted by molar-refractivity contribution is 0.560. The van der Waals surface area contributed by atoms with Gasteiger partial charge in [0.2, 0.25) is 0 Å². The largest absolute Gasteiger partial charge is 0.381 e. The van der Waals surface area contributed by atoms with Gasteiger partial charge in [0.15, 0.2) is 0 Å². The van der Waals surface area contributed by atoms with Crippen LogP contribution in [0.2, 0.25) is 5.02 Å². The quantitative estimate of drug-likeness (QED) is 0.904. The van der Waals surface area contributed by atoms with Gasteiger partial charge in [-0.2, -0.15) is 0 Å². The molecule has 2 aromatic rings. The molecule has 0 saturated heterocycles. The first-order chi connectivity index (χ1) is 8.59. The van der Waals surface area contributed by atoms with E-state index in [1.165, 1.54) is 0 Å². The van der Waals surface area contributed by atoms with Crippen LogP contribution in [-0.4, -0.2) is 15.6 Å². The highest BCUT2D eigenvalue weighted by molar-refractivity contribution is 6.33. The predicted molar refractivity (Wildman–Crippen MR) is 76.5 cm³/mol. The third kappa shape index (κ3) is 2.67. The van der Waals surface area contributed by atoms with E-state index in [0.29, 0.717) is 17.0 Å². The van der Waals surface area contributed by atoms with Crippen LogP contribution in [0.5, 0.6) is 0 Å². The van der Waals surface area contributed by atoms with Crippen LogP contribution < -0.4 is 5.32 Å². The van der Waals surface area contributed by atoms with Crippen LogP contribution in [-0.2, 0) is 0 Å². The number of para-hydroxylation sites is 1. The number of imidazole rings is 1. The molecule has 1 heterocycles. The van der Waals surface area contributed by atoms with Crippen LogP contribution >= 0.6 is 11.6 Å². The number of nitrogens with one attached hydrogen (secondary N) is 1. The summed E-state index contributed by atoms with van der Waals surface area (Å²) in [5.41, 5.74) is 1.98. The Morgan fingerprint density at radius 2 is 2.06 bits per heavy atom. The standard InChI is InChI=1S/C14H18ClN3/c1-10(2)11(3)17-13-6-4-5-12(15)14(13)18-8-7-16-9-18/h4-11,17H,1-3H3. The molecule has 0 bridgehead atoms. The maximum atomic E-state index is 6.30. The van der Waals surface area contributed by atoms with E-state index < -0.39 is 0 Å². The highest BCUT2D eigenvalue weighted by Gasteiger charge is 2.12.